The summed E-state index contributed by atoms with van der Waals surface area (Å²) in [5.41, 5.74) is 2.23. The minimum Gasteiger partial charge on any atom is -0.493 e. The highest BCUT2D eigenvalue weighted by Gasteiger charge is 2.27. The third kappa shape index (κ3) is 4.90. The van der Waals surface area contributed by atoms with Crippen LogP contribution in [0.1, 0.15) is 30.5 Å². The van der Waals surface area contributed by atoms with Crippen LogP contribution < -0.4 is 10.1 Å². The first-order valence-corrected chi connectivity index (χ1v) is 10.4. The number of nitrogens with zero attached hydrogens (tertiary/aromatic N) is 2. The fourth-order valence-electron chi connectivity index (χ4n) is 4.29. The van der Waals surface area contributed by atoms with Crippen molar-refractivity contribution in [2.24, 2.45) is 11.8 Å². The third-order valence-corrected chi connectivity index (χ3v) is 5.91. The Morgan fingerprint density at radius 1 is 1.11 bits per heavy atom. The van der Waals surface area contributed by atoms with E-state index in [1.54, 1.807) is 6.20 Å². The maximum Gasteiger partial charge on any atom is 0.223 e. The molecule has 4 rings (SSSR count). The van der Waals surface area contributed by atoms with Crippen LogP contribution in [0.25, 0.3) is 0 Å². The molecular weight excluding hydrogens is 350 g/mol. The molecule has 1 aromatic carbocycles. The van der Waals surface area contributed by atoms with Crippen molar-refractivity contribution in [3.8, 4) is 5.75 Å². The lowest BCUT2D eigenvalue weighted by molar-refractivity contribution is -0.126. The average Bonchev–Trinajstić information content (AvgIpc) is 2.95. The van der Waals surface area contributed by atoms with Crippen molar-refractivity contribution in [3.63, 3.8) is 0 Å². The summed E-state index contributed by atoms with van der Waals surface area (Å²) in [4.78, 5) is 19.3. The van der Waals surface area contributed by atoms with E-state index in [0.717, 1.165) is 63.4 Å². The Bertz CT molecular complexity index is 772. The quantitative estimate of drug-likeness (QED) is 0.868. The topological polar surface area (TPSA) is 54.5 Å². The lowest BCUT2D eigenvalue weighted by Crippen LogP contribution is -2.42. The summed E-state index contributed by atoms with van der Waals surface area (Å²) in [7, 11) is 0. The number of hydrogen-bond donors (Lipinski definition) is 1. The molecule has 2 aromatic rings. The van der Waals surface area contributed by atoms with Crippen molar-refractivity contribution in [1.29, 1.82) is 0 Å². The molecule has 1 saturated heterocycles. The van der Waals surface area contributed by atoms with Gasteiger partial charge in [-0.25, -0.2) is 0 Å². The van der Waals surface area contributed by atoms with Crippen molar-refractivity contribution in [2.45, 2.75) is 32.2 Å². The summed E-state index contributed by atoms with van der Waals surface area (Å²) >= 11 is 0. The zero-order chi connectivity index (χ0) is 19.2. The molecule has 0 aliphatic carbocycles. The lowest BCUT2D eigenvalue weighted by atomic mass is 9.92. The number of fused-ring (bicyclic) bond motifs is 1. The van der Waals surface area contributed by atoms with Crippen molar-refractivity contribution in [2.75, 3.05) is 26.2 Å². The Labute approximate surface area is 167 Å². The van der Waals surface area contributed by atoms with Gasteiger partial charge in [-0.15, -0.1) is 0 Å². The zero-order valence-electron chi connectivity index (χ0n) is 16.3. The smallest absolute Gasteiger partial charge is 0.223 e. The molecule has 3 heterocycles. The molecule has 1 aromatic heterocycles. The van der Waals surface area contributed by atoms with Gasteiger partial charge in [0.05, 0.1) is 18.8 Å². The number of carbonyl (C=O) groups excluding carboxylic acids is 1. The van der Waals surface area contributed by atoms with E-state index < -0.39 is 0 Å². The molecule has 5 heteroatoms. The maximum absolute atomic E-state index is 12.5. The van der Waals surface area contributed by atoms with Gasteiger partial charge in [-0.1, -0.05) is 24.3 Å². The number of carbonyl (C=O) groups is 1. The van der Waals surface area contributed by atoms with Crippen molar-refractivity contribution in [1.82, 2.24) is 15.2 Å². The number of aromatic nitrogens is 1. The molecule has 1 atom stereocenters. The van der Waals surface area contributed by atoms with Gasteiger partial charge in [0.15, 0.2) is 0 Å². The van der Waals surface area contributed by atoms with E-state index in [1.165, 1.54) is 5.56 Å². The van der Waals surface area contributed by atoms with Crippen LogP contribution in [0.5, 0.6) is 5.75 Å². The second kappa shape index (κ2) is 9.20. The number of hydrogen-bond acceptors (Lipinski definition) is 4. The van der Waals surface area contributed by atoms with Crippen LogP contribution in [0.15, 0.2) is 48.7 Å². The predicted molar refractivity (Wildman–Crippen MR) is 109 cm³/mol. The lowest BCUT2D eigenvalue weighted by Gasteiger charge is -2.33. The molecule has 148 valence electrons. The van der Waals surface area contributed by atoms with E-state index >= 15 is 0 Å². The van der Waals surface area contributed by atoms with Gasteiger partial charge in [0.25, 0.3) is 0 Å². The third-order valence-electron chi connectivity index (χ3n) is 5.91. The maximum atomic E-state index is 12.5. The molecule has 2 aliphatic heterocycles. The van der Waals surface area contributed by atoms with Gasteiger partial charge in [-0.3, -0.25) is 9.78 Å². The molecule has 0 bridgehead atoms. The first-order valence-electron chi connectivity index (χ1n) is 10.4. The summed E-state index contributed by atoms with van der Waals surface area (Å²) in [5.74, 6) is 1.96. The molecule has 1 unspecified atom stereocenters. The highest BCUT2D eigenvalue weighted by molar-refractivity contribution is 5.78. The Morgan fingerprint density at radius 3 is 2.75 bits per heavy atom. The molecule has 0 saturated carbocycles. The van der Waals surface area contributed by atoms with Crippen LogP contribution in [0.3, 0.4) is 0 Å². The Morgan fingerprint density at radius 2 is 1.93 bits per heavy atom. The zero-order valence-corrected chi connectivity index (χ0v) is 16.3. The van der Waals surface area contributed by atoms with E-state index in [1.807, 2.05) is 24.3 Å². The average molecular weight is 380 g/mol. The summed E-state index contributed by atoms with van der Waals surface area (Å²) in [6, 6.07) is 14.2. The van der Waals surface area contributed by atoms with E-state index in [0.29, 0.717) is 12.5 Å². The van der Waals surface area contributed by atoms with Gasteiger partial charge in [0.1, 0.15) is 5.75 Å². The van der Waals surface area contributed by atoms with E-state index in [9.17, 15) is 4.79 Å². The molecule has 1 amide bonds. The normalized spacial score (nSPS) is 20.6. The number of pyridine rings is 1. The van der Waals surface area contributed by atoms with Crippen LogP contribution in [0.4, 0.5) is 0 Å². The van der Waals surface area contributed by atoms with Gasteiger partial charge in [0.2, 0.25) is 5.91 Å². The SMILES string of the molecule is O=C(NCc1ccccn1)C1CCN(CC2CCOc3ccccc3C2)CC1. The molecular formula is C23H29N3O2. The number of likely N-dealkylation sites (tertiary alicyclic amines) is 1. The molecule has 0 spiro atoms. The summed E-state index contributed by atoms with van der Waals surface area (Å²) < 4.78 is 5.90. The molecule has 2 aliphatic rings. The van der Waals surface area contributed by atoms with Gasteiger partial charge < -0.3 is 15.0 Å². The van der Waals surface area contributed by atoms with Crippen molar-refractivity contribution >= 4 is 5.91 Å². The second-order valence-electron chi connectivity index (χ2n) is 7.93. The monoisotopic (exact) mass is 379 g/mol. The minimum atomic E-state index is 0.123. The number of para-hydroxylation sites is 1. The molecule has 1 N–H and O–H groups in total. The van der Waals surface area contributed by atoms with Crippen LogP contribution >= 0.6 is 0 Å². The fraction of sp³-hybridized carbons (Fsp3) is 0.478. The van der Waals surface area contributed by atoms with E-state index in [2.05, 4.69) is 33.4 Å². The summed E-state index contributed by atoms with van der Waals surface area (Å²) in [5, 5.41) is 3.05. The van der Waals surface area contributed by atoms with Crippen LogP contribution in [0, 0.1) is 11.8 Å². The highest BCUT2D eigenvalue weighted by atomic mass is 16.5. The van der Waals surface area contributed by atoms with E-state index in [4.69, 9.17) is 4.74 Å². The number of benzene rings is 1. The number of amides is 1. The number of nitrogens with one attached hydrogen (secondary N) is 1. The highest BCUT2D eigenvalue weighted by Crippen LogP contribution is 2.28. The standard InChI is InChI=1S/C23H29N3O2/c27-23(25-16-21-6-3-4-11-24-21)19-8-12-26(13-9-19)17-18-10-14-28-22-7-2-1-5-20(22)15-18/h1-7,11,18-19H,8-10,12-17H2,(H,25,27). The van der Waals surface area contributed by atoms with Gasteiger partial charge in [-0.2, -0.15) is 0 Å². The largest absolute Gasteiger partial charge is 0.493 e. The van der Waals surface area contributed by atoms with Crippen molar-refractivity contribution in [3.05, 3.63) is 59.9 Å². The van der Waals surface area contributed by atoms with Crippen LogP contribution in [0.2, 0.25) is 0 Å². The van der Waals surface area contributed by atoms with Gasteiger partial charge in [-0.05, 0) is 68.5 Å². The summed E-state index contributed by atoms with van der Waals surface area (Å²) in [6.07, 6.45) is 5.82. The molecule has 28 heavy (non-hydrogen) atoms. The first-order chi connectivity index (χ1) is 13.8. The fourth-order valence-corrected chi connectivity index (χ4v) is 4.29. The summed E-state index contributed by atoms with van der Waals surface area (Å²) in [6.45, 7) is 4.41. The molecule has 0 radical (unpaired) electrons. The Hall–Kier alpha value is -2.40. The minimum absolute atomic E-state index is 0.123. The number of rotatable bonds is 5. The van der Waals surface area contributed by atoms with Gasteiger partial charge >= 0.3 is 0 Å². The molecule has 5 nitrogen and oxygen atoms in total. The second-order valence-corrected chi connectivity index (χ2v) is 7.93. The first kappa shape index (κ1) is 18.9. The van der Waals surface area contributed by atoms with E-state index in [-0.39, 0.29) is 11.8 Å². The Balaban J connectivity index is 1.22. The van der Waals surface area contributed by atoms with Gasteiger partial charge in [0, 0.05) is 18.7 Å². The van der Waals surface area contributed by atoms with Crippen LogP contribution in [-0.2, 0) is 17.8 Å². The number of ether oxygens (including phenoxy) is 1. The Kier molecular flexibility index (Phi) is 6.22. The molecule has 1 fully saturated rings. The van der Waals surface area contributed by atoms with Crippen LogP contribution in [-0.4, -0.2) is 42.0 Å². The van der Waals surface area contributed by atoms with Crippen molar-refractivity contribution < 1.29 is 9.53 Å². The predicted octanol–water partition coefficient (Wildman–Crippen LogP) is 3.05. The number of piperidine rings is 1.